The number of pyridine rings is 2. The fraction of sp³-hybridized carbons (Fsp3) is 0.263. The van der Waals surface area contributed by atoms with Crippen molar-refractivity contribution in [1.29, 1.82) is 0 Å². The van der Waals surface area contributed by atoms with E-state index in [0.29, 0.717) is 17.8 Å². The molecule has 2 N–H and O–H groups in total. The van der Waals surface area contributed by atoms with Crippen molar-refractivity contribution in [1.82, 2.24) is 9.97 Å². The van der Waals surface area contributed by atoms with Gasteiger partial charge in [0.05, 0.1) is 0 Å². The van der Waals surface area contributed by atoms with Gasteiger partial charge in [-0.1, -0.05) is 19.9 Å². The predicted molar refractivity (Wildman–Crippen MR) is 94.7 cm³/mol. The Kier molecular flexibility index (Phi) is 4.42. The molecular weight excluding hydrogens is 286 g/mol. The van der Waals surface area contributed by atoms with E-state index >= 15 is 0 Å². The van der Waals surface area contributed by atoms with E-state index in [2.05, 4.69) is 41.3 Å². The SMILES string of the molecule is CC(C)Cc1ccc(CNc2ccc3c(=O)[nH]ccc3c2)cn1. The Hall–Kier alpha value is -2.62. The van der Waals surface area contributed by atoms with Crippen molar-refractivity contribution in [2.75, 3.05) is 5.32 Å². The number of anilines is 1. The molecule has 2 heterocycles. The number of fused-ring (bicyclic) bond motifs is 1. The summed E-state index contributed by atoms with van der Waals surface area (Å²) in [6.45, 7) is 5.10. The fourth-order valence-electron chi connectivity index (χ4n) is 2.61. The minimum Gasteiger partial charge on any atom is -0.381 e. The van der Waals surface area contributed by atoms with E-state index in [1.807, 2.05) is 30.5 Å². The normalized spacial score (nSPS) is 11.1. The molecule has 4 nitrogen and oxygen atoms in total. The van der Waals surface area contributed by atoms with Crippen LogP contribution < -0.4 is 10.9 Å². The van der Waals surface area contributed by atoms with Gasteiger partial charge in [0, 0.05) is 35.7 Å². The van der Waals surface area contributed by atoms with Crippen LogP contribution in [-0.2, 0) is 13.0 Å². The standard InChI is InChI=1S/C19H21N3O/c1-13(2)9-16-4-3-14(11-21-16)12-22-17-5-6-18-15(10-17)7-8-20-19(18)23/h3-8,10-11,13,22H,9,12H2,1-2H3,(H,20,23). The number of rotatable bonds is 5. The first-order valence-electron chi connectivity index (χ1n) is 7.91. The van der Waals surface area contributed by atoms with Crippen LogP contribution in [0.3, 0.4) is 0 Å². The lowest BCUT2D eigenvalue weighted by atomic mass is 10.1. The maximum absolute atomic E-state index is 11.7. The molecule has 0 amide bonds. The maximum Gasteiger partial charge on any atom is 0.255 e. The summed E-state index contributed by atoms with van der Waals surface area (Å²) < 4.78 is 0. The summed E-state index contributed by atoms with van der Waals surface area (Å²) in [5, 5.41) is 5.02. The summed E-state index contributed by atoms with van der Waals surface area (Å²) in [6.07, 6.45) is 4.61. The van der Waals surface area contributed by atoms with Gasteiger partial charge in [-0.05, 0) is 53.6 Å². The van der Waals surface area contributed by atoms with E-state index in [0.717, 1.165) is 28.8 Å². The molecule has 0 unspecified atom stereocenters. The molecule has 0 atom stereocenters. The number of aromatic amines is 1. The molecule has 118 valence electrons. The molecule has 23 heavy (non-hydrogen) atoms. The third-order valence-electron chi connectivity index (χ3n) is 3.77. The summed E-state index contributed by atoms with van der Waals surface area (Å²) >= 11 is 0. The van der Waals surface area contributed by atoms with E-state index in [-0.39, 0.29) is 5.56 Å². The zero-order chi connectivity index (χ0) is 16.2. The third-order valence-corrected chi connectivity index (χ3v) is 3.77. The highest BCUT2D eigenvalue weighted by atomic mass is 16.1. The Balaban J connectivity index is 1.69. The lowest BCUT2D eigenvalue weighted by molar-refractivity contribution is 0.635. The summed E-state index contributed by atoms with van der Waals surface area (Å²) in [5.74, 6) is 0.618. The highest BCUT2D eigenvalue weighted by molar-refractivity contribution is 5.84. The first kappa shape index (κ1) is 15.3. The molecule has 4 heteroatoms. The van der Waals surface area contributed by atoms with Crippen molar-refractivity contribution in [3.63, 3.8) is 0 Å². The molecule has 0 aliphatic heterocycles. The summed E-state index contributed by atoms with van der Waals surface area (Å²) in [5.41, 5.74) is 3.21. The van der Waals surface area contributed by atoms with Crippen LogP contribution in [0.4, 0.5) is 5.69 Å². The van der Waals surface area contributed by atoms with Gasteiger partial charge in [-0.15, -0.1) is 0 Å². The molecule has 0 saturated heterocycles. The van der Waals surface area contributed by atoms with Crippen LogP contribution >= 0.6 is 0 Å². The lowest BCUT2D eigenvalue weighted by Gasteiger charge is -2.09. The number of nitrogens with zero attached hydrogens (tertiary/aromatic N) is 1. The van der Waals surface area contributed by atoms with Crippen molar-refractivity contribution in [2.45, 2.75) is 26.8 Å². The number of hydrogen-bond acceptors (Lipinski definition) is 3. The van der Waals surface area contributed by atoms with Gasteiger partial charge in [-0.3, -0.25) is 9.78 Å². The average molecular weight is 307 g/mol. The monoisotopic (exact) mass is 307 g/mol. The first-order chi connectivity index (χ1) is 11.1. The molecule has 0 radical (unpaired) electrons. The molecule has 3 rings (SSSR count). The molecule has 1 aromatic carbocycles. The van der Waals surface area contributed by atoms with E-state index in [1.54, 1.807) is 6.20 Å². The topological polar surface area (TPSA) is 57.8 Å². The molecule has 0 spiro atoms. The second kappa shape index (κ2) is 6.65. The number of nitrogens with one attached hydrogen (secondary N) is 2. The van der Waals surface area contributed by atoms with Gasteiger partial charge >= 0.3 is 0 Å². The largest absolute Gasteiger partial charge is 0.381 e. The van der Waals surface area contributed by atoms with Crippen LogP contribution in [0.15, 0.2) is 53.6 Å². The van der Waals surface area contributed by atoms with Gasteiger partial charge in [-0.25, -0.2) is 0 Å². The quantitative estimate of drug-likeness (QED) is 0.755. The van der Waals surface area contributed by atoms with Crippen LogP contribution in [0, 0.1) is 5.92 Å². The Morgan fingerprint density at radius 3 is 2.78 bits per heavy atom. The summed E-state index contributed by atoms with van der Waals surface area (Å²) in [6, 6.07) is 11.9. The number of benzene rings is 1. The van der Waals surface area contributed by atoms with Gasteiger partial charge in [-0.2, -0.15) is 0 Å². The second-order valence-electron chi connectivity index (χ2n) is 6.22. The molecule has 0 bridgehead atoms. The molecule has 0 aliphatic rings. The van der Waals surface area contributed by atoms with Gasteiger partial charge in [0.1, 0.15) is 0 Å². The molecule has 2 aromatic heterocycles. The highest BCUT2D eigenvalue weighted by Gasteiger charge is 2.02. The molecule has 3 aromatic rings. The van der Waals surface area contributed by atoms with Crippen molar-refractivity contribution in [2.24, 2.45) is 5.92 Å². The van der Waals surface area contributed by atoms with E-state index in [1.165, 1.54) is 0 Å². The van der Waals surface area contributed by atoms with E-state index < -0.39 is 0 Å². The minimum atomic E-state index is -0.0565. The number of H-pyrrole nitrogens is 1. The van der Waals surface area contributed by atoms with Crippen molar-refractivity contribution in [3.8, 4) is 0 Å². The molecule has 0 aliphatic carbocycles. The molecule has 0 fully saturated rings. The predicted octanol–water partition coefficient (Wildman–Crippen LogP) is 3.73. The van der Waals surface area contributed by atoms with Crippen molar-refractivity contribution >= 4 is 16.5 Å². The number of aromatic nitrogens is 2. The van der Waals surface area contributed by atoms with Crippen LogP contribution in [0.25, 0.3) is 10.8 Å². The number of hydrogen-bond donors (Lipinski definition) is 2. The van der Waals surface area contributed by atoms with Gasteiger partial charge in [0.2, 0.25) is 0 Å². The minimum absolute atomic E-state index is 0.0565. The van der Waals surface area contributed by atoms with Crippen LogP contribution in [0.5, 0.6) is 0 Å². The van der Waals surface area contributed by atoms with Gasteiger partial charge in [0.25, 0.3) is 5.56 Å². The van der Waals surface area contributed by atoms with Crippen LogP contribution in [0.1, 0.15) is 25.1 Å². The van der Waals surface area contributed by atoms with Gasteiger partial charge in [0.15, 0.2) is 0 Å². The lowest BCUT2D eigenvalue weighted by Crippen LogP contribution is -2.05. The Bertz CT molecular complexity index is 850. The molecule has 0 saturated carbocycles. The Labute approximate surface area is 135 Å². The van der Waals surface area contributed by atoms with Crippen LogP contribution in [0.2, 0.25) is 0 Å². The smallest absolute Gasteiger partial charge is 0.255 e. The summed E-state index contributed by atoms with van der Waals surface area (Å²) in [7, 11) is 0. The third kappa shape index (κ3) is 3.77. The Morgan fingerprint density at radius 2 is 2.04 bits per heavy atom. The Morgan fingerprint density at radius 1 is 1.17 bits per heavy atom. The maximum atomic E-state index is 11.7. The van der Waals surface area contributed by atoms with Crippen LogP contribution in [-0.4, -0.2) is 9.97 Å². The first-order valence-corrected chi connectivity index (χ1v) is 7.91. The van der Waals surface area contributed by atoms with E-state index in [4.69, 9.17) is 0 Å². The fourth-order valence-corrected chi connectivity index (χ4v) is 2.61. The van der Waals surface area contributed by atoms with Gasteiger partial charge < -0.3 is 10.3 Å². The second-order valence-corrected chi connectivity index (χ2v) is 6.22. The highest BCUT2D eigenvalue weighted by Crippen LogP contribution is 2.16. The zero-order valence-corrected chi connectivity index (χ0v) is 13.5. The summed E-state index contributed by atoms with van der Waals surface area (Å²) in [4.78, 5) is 18.9. The zero-order valence-electron chi connectivity index (χ0n) is 13.5. The van der Waals surface area contributed by atoms with Crippen molar-refractivity contribution in [3.05, 3.63) is 70.4 Å². The molecular formula is C19H21N3O. The van der Waals surface area contributed by atoms with Crippen molar-refractivity contribution < 1.29 is 0 Å². The average Bonchev–Trinajstić information content (AvgIpc) is 2.54. The van der Waals surface area contributed by atoms with E-state index in [9.17, 15) is 4.79 Å².